The normalized spacial score (nSPS) is 20.9. The molecule has 1 unspecified atom stereocenters. The molecule has 0 saturated heterocycles. The molecule has 0 bridgehead atoms. The van der Waals surface area contributed by atoms with Gasteiger partial charge in [0.1, 0.15) is 0 Å². The van der Waals surface area contributed by atoms with Crippen LogP contribution < -0.4 is 11.3 Å². The maximum atomic E-state index is 5.86. The average molecular weight is 252 g/mol. The van der Waals surface area contributed by atoms with Gasteiger partial charge in [0.25, 0.3) is 0 Å². The Hall–Kier alpha value is -0.380. The number of nitrogens with two attached hydrogens (primary N) is 1. The van der Waals surface area contributed by atoms with E-state index in [9.17, 15) is 0 Å². The van der Waals surface area contributed by atoms with E-state index in [-0.39, 0.29) is 0 Å². The van der Waals surface area contributed by atoms with E-state index in [2.05, 4.69) is 36.8 Å². The fourth-order valence-corrected chi connectivity index (χ4v) is 4.44. The Morgan fingerprint density at radius 2 is 2.12 bits per heavy atom. The summed E-state index contributed by atoms with van der Waals surface area (Å²) in [4.78, 5) is 1.40. The molecule has 0 aliphatic heterocycles. The van der Waals surface area contributed by atoms with Gasteiger partial charge in [-0.25, -0.2) is 0 Å². The maximum Gasteiger partial charge on any atom is 0.0609 e. The summed E-state index contributed by atoms with van der Waals surface area (Å²) in [5.74, 6) is 6.60. The summed E-state index contributed by atoms with van der Waals surface area (Å²) < 4.78 is 0. The van der Waals surface area contributed by atoms with Crippen LogP contribution in [0.5, 0.6) is 0 Å². The minimum Gasteiger partial charge on any atom is -0.271 e. The molecule has 3 heteroatoms. The van der Waals surface area contributed by atoms with Crippen LogP contribution in [0.15, 0.2) is 17.5 Å². The number of hydrogen-bond acceptors (Lipinski definition) is 3. The van der Waals surface area contributed by atoms with Crippen molar-refractivity contribution in [1.29, 1.82) is 0 Å². The summed E-state index contributed by atoms with van der Waals surface area (Å²) in [6.07, 6.45) is 6.63. The molecule has 1 fully saturated rings. The van der Waals surface area contributed by atoms with E-state index in [4.69, 9.17) is 5.84 Å². The molecule has 0 aromatic carbocycles. The SMILES string of the molecule is CC(C)CC1(C(NN)c2cccs2)CCCC1. The Morgan fingerprint density at radius 3 is 2.59 bits per heavy atom. The van der Waals surface area contributed by atoms with Crippen LogP contribution in [0.4, 0.5) is 0 Å². The van der Waals surface area contributed by atoms with E-state index in [1.807, 2.05) is 11.3 Å². The summed E-state index contributed by atoms with van der Waals surface area (Å²) in [7, 11) is 0. The second kappa shape index (κ2) is 5.51. The highest BCUT2D eigenvalue weighted by Gasteiger charge is 2.42. The third kappa shape index (κ3) is 2.72. The van der Waals surface area contributed by atoms with Crippen molar-refractivity contribution in [3.8, 4) is 0 Å². The van der Waals surface area contributed by atoms with Crippen molar-refractivity contribution in [3.05, 3.63) is 22.4 Å². The minimum atomic E-state index is 0.340. The van der Waals surface area contributed by atoms with E-state index in [1.54, 1.807) is 0 Å². The molecular formula is C14H24N2S. The molecule has 0 radical (unpaired) electrons. The van der Waals surface area contributed by atoms with Gasteiger partial charge in [0.2, 0.25) is 0 Å². The van der Waals surface area contributed by atoms with Gasteiger partial charge in [-0.2, -0.15) is 0 Å². The first kappa shape index (κ1) is 13.1. The standard InChI is InChI=1S/C14H24N2S/c1-11(2)10-14(7-3-4-8-14)13(16-15)12-6-5-9-17-12/h5-6,9,11,13,16H,3-4,7-8,10,15H2,1-2H3. The van der Waals surface area contributed by atoms with Crippen LogP contribution in [0.1, 0.15) is 56.9 Å². The van der Waals surface area contributed by atoms with Gasteiger partial charge >= 0.3 is 0 Å². The van der Waals surface area contributed by atoms with Gasteiger partial charge < -0.3 is 0 Å². The summed E-state index contributed by atoms with van der Waals surface area (Å²) in [5, 5.41) is 2.15. The lowest BCUT2D eigenvalue weighted by molar-refractivity contribution is 0.158. The summed E-state index contributed by atoms with van der Waals surface area (Å²) in [6.45, 7) is 4.64. The number of hydrazine groups is 1. The highest BCUT2D eigenvalue weighted by Crippen LogP contribution is 2.52. The third-order valence-electron chi connectivity index (χ3n) is 4.02. The van der Waals surface area contributed by atoms with E-state index < -0.39 is 0 Å². The molecule has 1 aliphatic carbocycles. The van der Waals surface area contributed by atoms with Crippen LogP contribution in [0, 0.1) is 11.3 Å². The van der Waals surface area contributed by atoms with E-state index in [0.717, 1.165) is 5.92 Å². The largest absolute Gasteiger partial charge is 0.271 e. The van der Waals surface area contributed by atoms with Crippen molar-refractivity contribution < 1.29 is 0 Å². The molecule has 2 rings (SSSR count). The van der Waals surface area contributed by atoms with Crippen molar-refractivity contribution >= 4 is 11.3 Å². The van der Waals surface area contributed by atoms with E-state index >= 15 is 0 Å². The lowest BCUT2D eigenvalue weighted by Crippen LogP contribution is -2.40. The topological polar surface area (TPSA) is 38.0 Å². The van der Waals surface area contributed by atoms with Crippen LogP contribution in [0.25, 0.3) is 0 Å². The van der Waals surface area contributed by atoms with Crippen molar-refractivity contribution in [3.63, 3.8) is 0 Å². The lowest BCUT2D eigenvalue weighted by atomic mass is 9.72. The summed E-state index contributed by atoms with van der Waals surface area (Å²) >= 11 is 1.83. The predicted molar refractivity (Wildman–Crippen MR) is 74.7 cm³/mol. The zero-order valence-electron chi connectivity index (χ0n) is 10.9. The van der Waals surface area contributed by atoms with Crippen LogP contribution in [-0.4, -0.2) is 0 Å². The highest BCUT2D eigenvalue weighted by molar-refractivity contribution is 7.10. The van der Waals surface area contributed by atoms with Gasteiger partial charge in [-0.1, -0.05) is 32.8 Å². The number of thiophene rings is 1. The molecule has 17 heavy (non-hydrogen) atoms. The van der Waals surface area contributed by atoms with Crippen LogP contribution in [-0.2, 0) is 0 Å². The number of hydrogen-bond donors (Lipinski definition) is 2. The van der Waals surface area contributed by atoms with Crippen LogP contribution >= 0.6 is 11.3 Å². The van der Waals surface area contributed by atoms with Crippen molar-refractivity contribution in [2.45, 2.75) is 52.0 Å². The molecule has 96 valence electrons. The van der Waals surface area contributed by atoms with Gasteiger partial charge in [0, 0.05) is 4.88 Å². The van der Waals surface area contributed by atoms with E-state index in [1.165, 1.54) is 37.0 Å². The second-order valence-corrected chi connectivity index (χ2v) is 6.76. The molecule has 1 saturated carbocycles. The Balaban J connectivity index is 2.24. The minimum absolute atomic E-state index is 0.340. The van der Waals surface area contributed by atoms with E-state index in [0.29, 0.717) is 11.5 Å². The summed E-state index contributed by atoms with van der Waals surface area (Å²) in [5.41, 5.74) is 3.49. The van der Waals surface area contributed by atoms with Crippen molar-refractivity contribution in [2.75, 3.05) is 0 Å². The highest BCUT2D eigenvalue weighted by atomic mass is 32.1. The molecule has 1 aromatic heterocycles. The molecular weight excluding hydrogens is 228 g/mol. The maximum absolute atomic E-state index is 5.86. The average Bonchev–Trinajstić information content (AvgIpc) is 2.90. The van der Waals surface area contributed by atoms with Gasteiger partial charge in [-0.3, -0.25) is 11.3 Å². The first-order chi connectivity index (χ1) is 8.18. The molecule has 2 nitrogen and oxygen atoms in total. The molecule has 0 amide bonds. The molecule has 1 heterocycles. The zero-order valence-corrected chi connectivity index (χ0v) is 11.7. The molecule has 3 N–H and O–H groups in total. The monoisotopic (exact) mass is 252 g/mol. The summed E-state index contributed by atoms with van der Waals surface area (Å²) in [6, 6.07) is 4.69. The fraction of sp³-hybridized carbons (Fsp3) is 0.714. The van der Waals surface area contributed by atoms with Gasteiger partial charge in [-0.05, 0) is 42.0 Å². The van der Waals surface area contributed by atoms with Crippen molar-refractivity contribution in [2.24, 2.45) is 17.2 Å². The number of nitrogens with one attached hydrogen (secondary N) is 1. The smallest absolute Gasteiger partial charge is 0.0609 e. The fourth-order valence-electron chi connectivity index (χ4n) is 3.52. The van der Waals surface area contributed by atoms with Crippen LogP contribution in [0.2, 0.25) is 0 Å². The van der Waals surface area contributed by atoms with Crippen LogP contribution in [0.3, 0.4) is 0 Å². The first-order valence-electron chi connectivity index (χ1n) is 6.67. The quantitative estimate of drug-likeness (QED) is 0.617. The molecule has 1 aliphatic rings. The molecule has 1 aromatic rings. The molecule has 1 atom stereocenters. The first-order valence-corrected chi connectivity index (χ1v) is 7.55. The Labute approximate surface area is 109 Å². The predicted octanol–water partition coefficient (Wildman–Crippen LogP) is 3.86. The van der Waals surface area contributed by atoms with Gasteiger partial charge in [0.05, 0.1) is 6.04 Å². The Morgan fingerprint density at radius 1 is 1.41 bits per heavy atom. The lowest BCUT2D eigenvalue weighted by Gasteiger charge is -2.38. The third-order valence-corrected chi connectivity index (χ3v) is 4.96. The second-order valence-electron chi connectivity index (χ2n) is 5.78. The zero-order chi connectivity index (χ0) is 12.3. The van der Waals surface area contributed by atoms with Gasteiger partial charge in [0.15, 0.2) is 0 Å². The van der Waals surface area contributed by atoms with Gasteiger partial charge in [-0.15, -0.1) is 11.3 Å². The van der Waals surface area contributed by atoms with Crippen molar-refractivity contribution in [1.82, 2.24) is 5.43 Å². The molecule has 0 spiro atoms. The Kier molecular flexibility index (Phi) is 4.23. The Bertz CT molecular complexity index is 326. The number of rotatable bonds is 5.